The fourth-order valence-electron chi connectivity index (χ4n) is 3.23. The molecule has 7 nitrogen and oxygen atoms in total. The van der Waals surface area contributed by atoms with Crippen LogP contribution in [0.5, 0.6) is 5.88 Å². The molecule has 144 valence electrons. The molecule has 0 aliphatic carbocycles. The smallest absolute Gasteiger partial charge is 0.411 e. The maximum atomic E-state index is 12.4. The van der Waals surface area contributed by atoms with Gasteiger partial charge in [-0.15, -0.1) is 0 Å². The number of hydrogen-bond acceptors (Lipinski definition) is 5. The zero-order chi connectivity index (χ0) is 19.8. The molecule has 1 fully saturated rings. The normalized spacial score (nSPS) is 19.9. The number of aliphatic carboxylic acids is 1. The van der Waals surface area contributed by atoms with Crippen LogP contribution in [0.3, 0.4) is 0 Å². The number of aryl methyl sites for hydroxylation is 1. The molecule has 2 atom stereocenters. The second-order valence-corrected chi connectivity index (χ2v) is 7.75. The number of benzene rings is 1. The summed E-state index contributed by atoms with van der Waals surface area (Å²) in [6, 6.07) is 6.78. The largest absolute Gasteiger partial charge is 0.480 e. The van der Waals surface area contributed by atoms with Crippen LogP contribution in [0.25, 0.3) is 10.8 Å². The molecule has 0 radical (unpaired) electrons. The van der Waals surface area contributed by atoms with Crippen molar-refractivity contribution in [3.63, 3.8) is 0 Å². The first-order valence-electron chi connectivity index (χ1n) is 8.89. The van der Waals surface area contributed by atoms with E-state index in [0.29, 0.717) is 5.88 Å². The Bertz CT molecular complexity index is 874. The van der Waals surface area contributed by atoms with E-state index in [1.165, 1.54) is 4.90 Å². The Labute approximate surface area is 157 Å². The van der Waals surface area contributed by atoms with Gasteiger partial charge < -0.3 is 14.6 Å². The molecule has 27 heavy (non-hydrogen) atoms. The molecule has 2 unspecified atom stereocenters. The first kappa shape index (κ1) is 18.9. The molecular formula is C20H24N2O5. The number of likely N-dealkylation sites (tertiary alicyclic amines) is 1. The van der Waals surface area contributed by atoms with Crippen LogP contribution in [0, 0.1) is 6.92 Å². The van der Waals surface area contributed by atoms with Crippen LogP contribution >= 0.6 is 0 Å². The lowest BCUT2D eigenvalue weighted by Gasteiger charge is -2.26. The van der Waals surface area contributed by atoms with E-state index in [1.807, 2.05) is 31.2 Å². The van der Waals surface area contributed by atoms with Gasteiger partial charge in [-0.1, -0.05) is 12.1 Å². The summed E-state index contributed by atoms with van der Waals surface area (Å²) in [5.41, 5.74) is 0.401. The minimum absolute atomic E-state index is 0.135. The van der Waals surface area contributed by atoms with Gasteiger partial charge in [0, 0.05) is 18.0 Å². The summed E-state index contributed by atoms with van der Waals surface area (Å²) >= 11 is 0. The Morgan fingerprint density at radius 1 is 1.22 bits per heavy atom. The molecule has 1 saturated heterocycles. The number of carbonyl (C=O) groups is 2. The second kappa shape index (κ2) is 7.06. The quantitative estimate of drug-likeness (QED) is 0.888. The van der Waals surface area contributed by atoms with Gasteiger partial charge in [0.05, 0.1) is 6.54 Å². The molecule has 0 saturated carbocycles. The lowest BCUT2D eigenvalue weighted by molar-refractivity contribution is -0.142. The number of pyridine rings is 1. The molecule has 0 bridgehead atoms. The molecule has 0 spiro atoms. The molecule has 1 N–H and O–H groups in total. The summed E-state index contributed by atoms with van der Waals surface area (Å²) in [6.07, 6.45) is 0.721. The van der Waals surface area contributed by atoms with Crippen LogP contribution < -0.4 is 4.74 Å². The standard InChI is InChI=1S/C20H24N2O5/c1-12-6-5-7-15-14(12)8-9-21-17(15)26-13-10-16(18(23)24)22(11-13)19(25)27-20(2,3)4/h5-9,13,16H,10-11H2,1-4H3,(H,23,24). The van der Waals surface area contributed by atoms with Gasteiger partial charge in [-0.05, 0) is 50.8 Å². The maximum absolute atomic E-state index is 12.4. The van der Waals surface area contributed by atoms with Crippen molar-refractivity contribution < 1.29 is 24.2 Å². The number of aromatic nitrogens is 1. The number of carboxylic acids is 1. The number of hydrogen-bond donors (Lipinski definition) is 1. The number of amides is 1. The molecule has 1 aromatic carbocycles. The summed E-state index contributed by atoms with van der Waals surface area (Å²) in [7, 11) is 0. The van der Waals surface area contributed by atoms with Crippen LogP contribution in [0.2, 0.25) is 0 Å². The molecule has 1 amide bonds. The third-order valence-electron chi connectivity index (χ3n) is 4.44. The maximum Gasteiger partial charge on any atom is 0.411 e. The van der Waals surface area contributed by atoms with Gasteiger partial charge in [0.1, 0.15) is 17.7 Å². The molecule has 2 aromatic rings. The topological polar surface area (TPSA) is 89.0 Å². The van der Waals surface area contributed by atoms with Gasteiger partial charge in [-0.25, -0.2) is 14.6 Å². The second-order valence-electron chi connectivity index (χ2n) is 7.75. The number of carbonyl (C=O) groups excluding carboxylic acids is 1. The van der Waals surface area contributed by atoms with Crippen LogP contribution in [-0.4, -0.2) is 51.3 Å². The third-order valence-corrected chi connectivity index (χ3v) is 4.44. The van der Waals surface area contributed by atoms with E-state index in [2.05, 4.69) is 4.98 Å². The van der Waals surface area contributed by atoms with Gasteiger partial charge >= 0.3 is 12.1 Å². The highest BCUT2D eigenvalue weighted by Gasteiger charge is 2.42. The lowest BCUT2D eigenvalue weighted by atomic mass is 10.1. The predicted molar refractivity (Wildman–Crippen MR) is 99.9 cm³/mol. The van der Waals surface area contributed by atoms with Crippen molar-refractivity contribution >= 4 is 22.8 Å². The van der Waals surface area contributed by atoms with Crippen LogP contribution in [-0.2, 0) is 9.53 Å². The van der Waals surface area contributed by atoms with E-state index in [0.717, 1.165) is 16.3 Å². The fourth-order valence-corrected chi connectivity index (χ4v) is 3.23. The molecular weight excluding hydrogens is 348 g/mol. The summed E-state index contributed by atoms with van der Waals surface area (Å²) in [4.78, 5) is 29.5. The molecule has 2 heterocycles. The molecule has 1 aromatic heterocycles. The van der Waals surface area contributed by atoms with Crippen LogP contribution in [0.1, 0.15) is 32.8 Å². The molecule has 1 aliphatic heterocycles. The van der Waals surface area contributed by atoms with Gasteiger partial charge in [0.15, 0.2) is 0 Å². The summed E-state index contributed by atoms with van der Waals surface area (Å²) < 4.78 is 11.3. The predicted octanol–water partition coefficient (Wildman–Crippen LogP) is 3.38. The van der Waals surface area contributed by atoms with E-state index >= 15 is 0 Å². The summed E-state index contributed by atoms with van der Waals surface area (Å²) in [6.45, 7) is 7.37. The SMILES string of the molecule is Cc1cccc2c(OC3CC(C(=O)O)N(C(=O)OC(C)(C)C)C3)nccc12. The van der Waals surface area contributed by atoms with Crippen molar-refractivity contribution in [2.45, 2.75) is 51.9 Å². The number of fused-ring (bicyclic) bond motifs is 1. The van der Waals surface area contributed by atoms with Gasteiger partial charge in [-0.2, -0.15) is 0 Å². The average molecular weight is 372 g/mol. The zero-order valence-corrected chi connectivity index (χ0v) is 15.9. The number of rotatable bonds is 3. The Morgan fingerprint density at radius 3 is 2.63 bits per heavy atom. The van der Waals surface area contributed by atoms with E-state index < -0.39 is 29.8 Å². The molecule has 3 rings (SSSR count). The van der Waals surface area contributed by atoms with E-state index in [1.54, 1.807) is 27.0 Å². The van der Waals surface area contributed by atoms with Crippen molar-refractivity contribution in [2.75, 3.05) is 6.54 Å². The third kappa shape index (κ3) is 4.13. The highest BCUT2D eigenvalue weighted by atomic mass is 16.6. The first-order valence-corrected chi connectivity index (χ1v) is 8.89. The highest BCUT2D eigenvalue weighted by Crippen LogP contribution is 2.29. The van der Waals surface area contributed by atoms with Crippen molar-refractivity contribution in [3.05, 3.63) is 36.0 Å². The zero-order valence-electron chi connectivity index (χ0n) is 15.9. The summed E-state index contributed by atoms with van der Waals surface area (Å²) in [5, 5.41) is 11.4. The highest BCUT2D eigenvalue weighted by molar-refractivity contribution is 5.89. The monoisotopic (exact) mass is 372 g/mol. The number of ether oxygens (including phenoxy) is 2. The van der Waals surface area contributed by atoms with Gasteiger partial charge in [0.2, 0.25) is 5.88 Å². The minimum Gasteiger partial charge on any atom is -0.480 e. The molecule has 7 heteroatoms. The average Bonchev–Trinajstić information content (AvgIpc) is 2.99. The Hall–Kier alpha value is -2.83. The van der Waals surface area contributed by atoms with Crippen molar-refractivity contribution in [3.8, 4) is 5.88 Å². The Morgan fingerprint density at radius 2 is 1.96 bits per heavy atom. The lowest BCUT2D eigenvalue weighted by Crippen LogP contribution is -2.43. The minimum atomic E-state index is -1.08. The number of nitrogens with zero attached hydrogens (tertiary/aromatic N) is 2. The number of carboxylic acid groups (broad SMARTS) is 1. The van der Waals surface area contributed by atoms with Gasteiger partial charge in [0.25, 0.3) is 0 Å². The van der Waals surface area contributed by atoms with Crippen molar-refractivity contribution in [1.82, 2.24) is 9.88 Å². The van der Waals surface area contributed by atoms with Crippen molar-refractivity contribution in [1.29, 1.82) is 0 Å². The van der Waals surface area contributed by atoms with Crippen LogP contribution in [0.4, 0.5) is 4.79 Å². The summed E-state index contributed by atoms with van der Waals surface area (Å²) in [5.74, 6) is -0.634. The Kier molecular flexibility index (Phi) is 4.95. The molecule has 1 aliphatic rings. The van der Waals surface area contributed by atoms with Crippen LogP contribution in [0.15, 0.2) is 30.5 Å². The van der Waals surface area contributed by atoms with E-state index in [-0.39, 0.29) is 13.0 Å². The van der Waals surface area contributed by atoms with E-state index in [4.69, 9.17) is 9.47 Å². The van der Waals surface area contributed by atoms with Crippen molar-refractivity contribution in [2.24, 2.45) is 0 Å². The fraction of sp³-hybridized carbons (Fsp3) is 0.450. The van der Waals surface area contributed by atoms with E-state index in [9.17, 15) is 14.7 Å². The van der Waals surface area contributed by atoms with Gasteiger partial charge in [-0.3, -0.25) is 4.90 Å². The Balaban J connectivity index is 1.82. The first-order chi connectivity index (χ1) is 12.7.